The lowest BCUT2D eigenvalue weighted by atomic mass is 9.88. The predicted octanol–water partition coefficient (Wildman–Crippen LogP) is 4.70. The molecule has 0 bridgehead atoms. The number of benzene rings is 2. The molecule has 9 heteroatoms. The number of carbonyl (C=O) groups is 2. The summed E-state index contributed by atoms with van der Waals surface area (Å²) < 4.78 is 26.2. The summed E-state index contributed by atoms with van der Waals surface area (Å²) in [5, 5.41) is 4.07. The number of aromatic nitrogens is 1. The van der Waals surface area contributed by atoms with Crippen LogP contribution in [0.3, 0.4) is 0 Å². The minimum atomic E-state index is -3.20. The molecule has 2 amide bonds. The summed E-state index contributed by atoms with van der Waals surface area (Å²) in [5.41, 5.74) is 11.1. The first-order valence-corrected chi connectivity index (χ1v) is 16.2. The molecule has 1 aliphatic heterocycles. The normalized spacial score (nSPS) is 17.7. The molecule has 1 saturated carbocycles. The second-order valence-corrected chi connectivity index (χ2v) is 13.5. The van der Waals surface area contributed by atoms with Gasteiger partial charge in [-0.25, -0.2) is 12.7 Å². The number of piperidine rings is 1. The smallest absolute Gasteiger partial charge is 0.250 e. The van der Waals surface area contributed by atoms with Crippen molar-refractivity contribution in [2.45, 2.75) is 64.2 Å². The van der Waals surface area contributed by atoms with E-state index in [9.17, 15) is 18.0 Å². The number of carbonyl (C=O) groups excluding carboxylic acids is 2. The monoisotopic (exact) mass is 564 g/mol. The molecule has 5 rings (SSSR count). The van der Waals surface area contributed by atoms with Crippen LogP contribution in [-0.2, 0) is 21.2 Å². The van der Waals surface area contributed by atoms with Crippen molar-refractivity contribution >= 4 is 32.7 Å². The zero-order chi connectivity index (χ0) is 28.3. The van der Waals surface area contributed by atoms with Crippen LogP contribution in [0.2, 0.25) is 0 Å². The third-order valence-electron chi connectivity index (χ3n) is 8.69. The van der Waals surface area contributed by atoms with Gasteiger partial charge in [-0.05, 0) is 79.3 Å². The number of aromatic amines is 1. The van der Waals surface area contributed by atoms with Crippen LogP contribution >= 0.6 is 0 Å². The van der Waals surface area contributed by atoms with Gasteiger partial charge in [0, 0.05) is 37.1 Å². The molecule has 1 aliphatic carbocycles. The second kappa shape index (κ2) is 12.1. The molecule has 2 fully saturated rings. The van der Waals surface area contributed by atoms with Crippen molar-refractivity contribution in [1.82, 2.24) is 14.6 Å². The fraction of sp³-hybridized carbons (Fsp3) is 0.484. The number of primary amides is 1. The average molecular weight is 565 g/mol. The number of fused-ring (bicyclic) bond motifs is 1. The van der Waals surface area contributed by atoms with Gasteiger partial charge in [-0.15, -0.1) is 0 Å². The maximum atomic E-state index is 12.5. The molecule has 0 spiro atoms. The van der Waals surface area contributed by atoms with E-state index in [-0.39, 0.29) is 23.5 Å². The van der Waals surface area contributed by atoms with E-state index in [0.717, 1.165) is 78.1 Å². The lowest BCUT2D eigenvalue weighted by molar-refractivity contribution is -0.125. The molecule has 0 atom stereocenters. The number of nitrogens with one attached hydrogen (secondary N) is 2. The van der Waals surface area contributed by atoms with E-state index in [1.54, 1.807) is 11.2 Å². The standard InChI is InChI=1S/C31H40N4O4S/c1-2-40(38,39)35-15-12-22(13-16-35)28-20-34-29-26(28)18-25(19-27(29)30(32)36)24-10-6-7-21(17-24)11-14-33-31(37)23-8-4-3-5-9-23/h6-7,10,17-20,22-23,34H,2-5,8-9,11-16H2,1H3,(H2,32,36)(H,33,37). The Kier molecular flexibility index (Phi) is 8.61. The van der Waals surface area contributed by atoms with Crippen LogP contribution in [0.4, 0.5) is 0 Å². The summed E-state index contributed by atoms with van der Waals surface area (Å²) in [4.78, 5) is 28.3. The first-order valence-electron chi connectivity index (χ1n) is 14.6. The molecule has 8 nitrogen and oxygen atoms in total. The van der Waals surface area contributed by atoms with E-state index in [0.29, 0.717) is 25.2 Å². The van der Waals surface area contributed by atoms with Crippen molar-refractivity contribution in [3.63, 3.8) is 0 Å². The molecule has 1 saturated heterocycles. The highest BCUT2D eigenvalue weighted by Crippen LogP contribution is 2.37. The largest absolute Gasteiger partial charge is 0.366 e. The minimum Gasteiger partial charge on any atom is -0.366 e. The van der Waals surface area contributed by atoms with Crippen LogP contribution in [-0.4, -0.2) is 54.9 Å². The molecule has 2 aliphatic rings. The van der Waals surface area contributed by atoms with Crippen LogP contribution in [0.25, 0.3) is 22.0 Å². The first-order chi connectivity index (χ1) is 19.3. The SMILES string of the molecule is CCS(=O)(=O)N1CCC(c2c[nH]c3c(C(N)=O)cc(-c4cccc(CCNC(=O)C5CCCCC5)c4)cc23)CC1. The lowest BCUT2D eigenvalue weighted by Crippen LogP contribution is -2.38. The Bertz CT molecular complexity index is 1480. The zero-order valence-electron chi connectivity index (χ0n) is 23.2. The van der Waals surface area contributed by atoms with E-state index in [1.807, 2.05) is 24.4 Å². The van der Waals surface area contributed by atoms with Gasteiger partial charge in [-0.2, -0.15) is 0 Å². The van der Waals surface area contributed by atoms with Crippen LogP contribution < -0.4 is 11.1 Å². The molecule has 1 aromatic heterocycles. The molecule has 3 aromatic rings. The fourth-order valence-corrected chi connectivity index (χ4v) is 7.46. The van der Waals surface area contributed by atoms with E-state index < -0.39 is 15.9 Å². The molecule has 2 heterocycles. The minimum absolute atomic E-state index is 0.113. The summed E-state index contributed by atoms with van der Waals surface area (Å²) in [6, 6.07) is 12.1. The zero-order valence-corrected chi connectivity index (χ0v) is 24.1. The topological polar surface area (TPSA) is 125 Å². The highest BCUT2D eigenvalue weighted by atomic mass is 32.2. The van der Waals surface area contributed by atoms with E-state index in [2.05, 4.69) is 28.5 Å². The Morgan fingerprint density at radius 3 is 2.48 bits per heavy atom. The van der Waals surface area contributed by atoms with Crippen molar-refractivity contribution in [2.75, 3.05) is 25.4 Å². The van der Waals surface area contributed by atoms with Gasteiger partial charge in [0.2, 0.25) is 15.9 Å². The van der Waals surface area contributed by atoms with E-state index >= 15 is 0 Å². The van der Waals surface area contributed by atoms with Crippen LogP contribution in [0.15, 0.2) is 42.6 Å². The first kappa shape index (κ1) is 28.4. The van der Waals surface area contributed by atoms with Crippen molar-refractivity contribution < 1.29 is 18.0 Å². The molecule has 0 unspecified atom stereocenters. The lowest BCUT2D eigenvalue weighted by Gasteiger charge is -2.31. The molecule has 0 radical (unpaired) electrons. The Morgan fingerprint density at radius 1 is 1.02 bits per heavy atom. The summed E-state index contributed by atoms with van der Waals surface area (Å²) in [5.74, 6) is 0.128. The highest BCUT2D eigenvalue weighted by molar-refractivity contribution is 7.89. The summed E-state index contributed by atoms with van der Waals surface area (Å²) >= 11 is 0. The van der Waals surface area contributed by atoms with Crippen molar-refractivity contribution in [1.29, 1.82) is 0 Å². The van der Waals surface area contributed by atoms with E-state index in [4.69, 9.17) is 5.73 Å². The van der Waals surface area contributed by atoms with Gasteiger partial charge in [-0.3, -0.25) is 9.59 Å². The summed E-state index contributed by atoms with van der Waals surface area (Å²) in [6.45, 7) is 3.26. The quantitative estimate of drug-likeness (QED) is 0.348. The molecule has 40 heavy (non-hydrogen) atoms. The molecular formula is C31H40N4O4S. The average Bonchev–Trinajstić information content (AvgIpc) is 3.41. The van der Waals surface area contributed by atoms with Gasteiger partial charge < -0.3 is 16.0 Å². The number of hydrogen-bond acceptors (Lipinski definition) is 4. The Balaban J connectivity index is 1.35. The fourth-order valence-electron chi connectivity index (χ4n) is 6.32. The Morgan fingerprint density at radius 2 is 1.77 bits per heavy atom. The van der Waals surface area contributed by atoms with Crippen molar-refractivity contribution in [3.05, 3.63) is 59.3 Å². The number of nitrogens with two attached hydrogens (primary N) is 1. The number of rotatable bonds is 9. The van der Waals surface area contributed by atoms with Crippen molar-refractivity contribution in [3.8, 4) is 11.1 Å². The third kappa shape index (κ3) is 6.10. The van der Waals surface area contributed by atoms with Crippen LogP contribution in [0.5, 0.6) is 0 Å². The van der Waals surface area contributed by atoms with E-state index in [1.165, 1.54) is 6.42 Å². The summed E-state index contributed by atoms with van der Waals surface area (Å²) in [7, 11) is -3.20. The predicted molar refractivity (Wildman–Crippen MR) is 159 cm³/mol. The Labute approximate surface area is 236 Å². The summed E-state index contributed by atoms with van der Waals surface area (Å²) in [6.07, 6.45) is 9.61. The third-order valence-corrected chi connectivity index (χ3v) is 10.6. The van der Waals surface area contributed by atoms with Gasteiger partial charge in [-0.1, -0.05) is 43.5 Å². The van der Waals surface area contributed by atoms with Crippen LogP contribution in [0, 0.1) is 5.92 Å². The molecular weight excluding hydrogens is 524 g/mol. The maximum Gasteiger partial charge on any atom is 0.250 e. The number of sulfonamides is 1. The van der Waals surface area contributed by atoms with Gasteiger partial charge >= 0.3 is 0 Å². The highest BCUT2D eigenvalue weighted by Gasteiger charge is 2.29. The number of amides is 2. The van der Waals surface area contributed by atoms with Gasteiger partial charge in [0.25, 0.3) is 5.91 Å². The number of hydrogen-bond donors (Lipinski definition) is 3. The molecule has 4 N–H and O–H groups in total. The van der Waals surface area contributed by atoms with Gasteiger partial charge in [0.1, 0.15) is 0 Å². The van der Waals surface area contributed by atoms with Crippen molar-refractivity contribution in [2.24, 2.45) is 11.7 Å². The second-order valence-electron chi connectivity index (χ2n) is 11.2. The molecule has 2 aromatic carbocycles. The maximum absolute atomic E-state index is 12.5. The Hall–Kier alpha value is -3.17. The number of nitrogens with zero attached hydrogens (tertiary/aromatic N) is 1. The molecule has 214 valence electrons. The van der Waals surface area contributed by atoms with Crippen LogP contribution in [0.1, 0.15) is 79.3 Å². The van der Waals surface area contributed by atoms with Gasteiger partial charge in [0.15, 0.2) is 0 Å². The number of H-pyrrole nitrogens is 1. The van der Waals surface area contributed by atoms with Gasteiger partial charge in [0.05, 0.1) is 16.8 Å².